The number of nitrogens with one attached hydrogen (secondary N) is 1. The summed E-state index contributed by atoms with van der Waals surface area (Å²) in [5, 5.41) is 12.1. The van der Waals surface area contributed by atoms with E-state index in [0.717, 1.165) is 40.2 Å². The van der Waals surface area contributed by atoms with Crippen LogP contribution in [0.2, 0.25) is 0 Å². The zero-order chi connectivity index (χ0) is 34.2. The van der Waals surface area contributed by atoms with Crippen molar-refractivity contribution in [2.24, 2.45) is 0 Å². The van der Waals surface area contributed by atoms with Crippen LogP contribution in [0.15, 0.2) is 103 Å². The largest absolute Gasteiger partial charge is 0.445 e. The highest BCUT2D eigenvalue weighted by atomic mass is 16.7. The Morgan fingerprint density at radius 3 is 2.51 bits per heavy atom. The topological polar surface area (TPSA) is 131 Å². The van der Waals surface area contributed by atoms with Gasteiger partial charge in [-0.15, -0.1) is 0 Å². The van der Waals surface area contributed by atoms with Crippen LogP contribution in [0.1, 0.15) is 53.2 Å². The first-order valence-corrected chi connectivity index (χ1v) is 16.4. The van der Waals surface area contributed by atoms with E-state index in [1.54, 1.807) is 24.4 Å². The molecule has 0 saturated carbocycles. The van der Waals surface area contributed by atoms with Gasteiger partial charge < -0.3 is 29.5 Å². The zero-order valence-electron chi connectivity index (χ0n) is 27.3. The molecule has 3 heterocycles. The standard InChI is InChI=1S/C38H40N4O7/c1-41(19-17-30-11-5-6-18-39-30)23-32-21-34(28-15-13-26(24-43)14-16-28)49-37(48-32)29-10-7-12-31(20-29)42-35(44)22-33(36(42)45)40-38(46)47-25-27-8-3-2-4-9-27/h2-16,18,20,32-34,37,43H,17,19,21-25H2,1H3,(H,40,46)/t32-,33?,34+,37+/m1/s1. The Bertz CT molecular complexity index is 1720. The van der Waals surface area contributed by atoms with Crippen molar-refractivity contribution in [1.82, 2.24) is 15.2 Å². The molecule has 2 N–H and O–H groups in total. The van der Waals surface area contributed by atoms with Crippen molar-refractivity contribution in [1.29, 1.82) is 0 Å². The van der Waals surface area contributed by atoms with Gasteiger partial charge in [0.2, 0.25) is 5.91 Å². The average molecular weight is 665 g/mol. The average Bonchev–Trinajstić information content (AvgIpc) is 3.42. The Labute approximate surface area is 285 Å². The summed E-state index contributed by atoms with van der Waals surface area (Å²) in [5.41, 5.74) is 4.60. The van der Waals surface area contributed by atoms with E-state index in [9.17, 15) is 19.5 Å². The number of hydrogen-bond acceptors (Lipinski definition) is 9. The van der Waals surface area contributed by atoms with Gasteiger partial charge in [0.1, 0.15) is 12.6 Å². The fourth-order valence-electron chi connectivity index (χ4n) is 6.06. The molecule has 2 aliphatic heterocycles. The molecule has 4 aromatic rings. The molecule has 1 aromatic heterocycles. The quantitative estimate of drug-likeness (QED) is 0.204. The second-order valence-corrected chi connectivity index (χ2v) is 12.3. The van der Waals surface area contributed by atoms with E-state index in [1.165, 1.54) is 0 Å². The maximum atomic E-state index is 13.4. The van der Waals surface area contributed by atoms with Crippen LogP contribution in [0, 0.1) is 0 Å². The van der Waals surface area contributed by atoms with Gasteiger partial charge in [0, 0.05) is 43.4 Å². The van der Waals surface area contributed by atoms with Gasteiger partial charge in [-0.3, -0.25) is 14.6 Å². The predicted octanol–water partition coefficient (Wildman–Crippen LogP) is 4.85. The Kier molecular flexibility index (Phi) is 11.1. The summed E-state index contributed by atoms with van der Waals surface area (Å²) in [4.78, 5) is 46.7. The molecule has 0 radical (unpaired) electrons. The lowest BCUT2D eigenvalue weighted by Gasteiger charge is -2.38. The Morgan fingerprint density at radius 1 is 0.959 bits per heavy atom. The van der Waals surface area contributed by atoms with Gasteiger partial charge >= 0.3 is 6.09 Å². The lowest BCUT2D eigenvalue weighted by Crippen LogP contribution is -2.42. The number of imide groups is 1. The Morgan fingerprint density at radius 2 is 1.76 bits per heavy atom. The maximum absolute atomic E-state index is 13.4. The number of amides is 3. The van der Waals surface area contributed by atoms with Crippen LogP contribution in [-0.2, 0) is 43.4 Å². The molecule has 4 atom stereocenters. The third kappa shape index (κ3) is 8.76. The maximum Gasteiger partial charge on any atom is 0.408 e. The van der Waals surface area contributed by atoms with E-state index in [2.05, 4.69) is 22.2 Å². The van der Waals surface area contributed by atoms with Crippen molar-refractivity contribution in [3.63, 3.8) is 0 Å². The normalized spacial score (nSPS) is 20.8. The number of aliphatic hydroxyl groups excluding tert-OH is 1. The summed E-state index contributed by atoms with van der Waals surface area (Å²) in [6.07, 6.45) is 0.987. The molecule has 0 bridgehead atoms. The summed E-state index contributed by atoms with van der Waals surface area (Å²) in [6.45, 7) is 1.44. The van der Waals surface area contributed by atoms with Crippen LogP contribution in [0.5, 0.6) is 0 Å². The van der Waals surface area contributed by atoms with E-state index in [1.807, 2.05) is 78.9 Å². The number of anilines is 1. The van der Waals surface area contributed by atoms with Crippen molar-refractivity contribution in [2.75, 3.05) is 25.0 Å². The summed E-state index contributed by atoms with van der Waals surface area (Å²) in [7, 11) is 2.05. The molecule has 6 rings (SSSR count). The molecule has 0 aliphatic carbocycles. The molecule has 254 valence electrons. The Balaban J connectivity index is 1.15. The van der Waals surface area contributed by atoms with Gasteiger partial charge in [-0.25, -0.2) is 9.69 Å². The number of aromatic nitrogens is 1. The van der Waals surface area contributed by atoms with E-state index in [-0.39, 0.29) is 31.8 Å². The van der Waals surface area contributed by atoms with Crippen molar-refractivity contribution in [2.45, 2.75) is 57.0 Å². The minimum atomic E-state index is -1.04. The minimum absolute atomic E-state index is 0.0439. The van der Waals surface area contributed by atoms with Crippen molar-refractivity contribution in [3.8, 4) is 0 Å². The molecule has 11 heteroatoms. The van der Waals surface area contributed by atoms with Gasteiger partial charge in [-0.1, -0.05) is 72.8 Å². The van der Waals surface area contributed by atoms with Crippen LogP contribution in [0.25, 0.3) is 0 Å². The number of pyridine rings is 1. The highest BCUT2D eigenvalue weighted by Crippen LogP contribution is 2.39. The first-order valence-electron chi connectivity index (χ1n) is 16.4. The first kappa shape index (κ1) is 33.9. The van der Waals surface area contributed by atoms with E-state index < -0.39 is 30.2 Å². The molecule has 3 amide bonds. The molecule has 1 unspecified atom stereocenters. The number of rotatable bonds is 12. The van der Waals surface area contributed by atoms with Crippen LogP contribution in [0.4, 0.5) is 10.5 Å². The van der Waals surface area contributed by atoms with Gasteiger partial charge in [0.25, 0.3) is 5.91 Å². The van der Waals surface area contributed by atoms with Crippen molar-refractivity contribution >= 4 is 23.6 Å². The molecular weight excluding hydrogens is 624 g/mol. The van der Waals surface area contributed by atoms with Crippen LogP contribution >= 0.6 is 0 Å². The van der Waals surface area contributed by atoms with Crippen LogP contribution < -0.4 is 10.2 Å². The number of hydrogen-bond donors (Lipinski definition) is 2. The fraction of sp³-hybridized carbons (Fsp3) is 0.316. The lowest BCUT2D eigenvalue weighted by molar-refractivity contribution is -0.252. The second kappa shape index (κ2) is 16.0. The number of benzene rings is 3. The fourth-order valence-corrected chi connectivity index (χ4v) is 6.06. The summed E-state index contributed by atoms with van der Waals surface area (Å²) in [6, 6.07) is 28.7. The number of carbonyl (C=O) groups excluding carboxylic acids is 3. The number of nitrogens with zero attached hydrogens (tertiary/aromatic N) is 3. The Hall–Kier alpha value is -4.94. The van der Waals surface area contributed by atoms with E-state index in [0.29, 0.717) is 24.2 Å². The van der Waals surface area contributed by atoms with Gasteiger partial charge in [-0.2, -0.15) is 0 Å². The minimum Gasteiger partial charge on any atom is -0.445 e. The number of likely N-dealkylation sites (N-methyl/N-ethyl adjacent to an activating group) is 1. The molecule has 0 spiro atoms. The summed E-state index contributed by atoms with van der Waals surface area (Å²) in [5.74, 6) is -0.978. The van der Waals surface area contributed by atoms with Gasteiger partial charge in [-0.05, 0) is 48.0 Å². The monoisotopic (exact) mass is 664 g/mol. The third-order valence-corrected chi connectivity index (χ3v) is 8.66. The second-order valence-electron chi connectivity index (χ2n) is 12.3. The smallest absolute Gasteiger partial charge is 0.408 e. The molecule has 2 aliphatic rings. The summed E-state index contributed by atoms with van der Waals surface area (Å²) >= 11 is 0. The molecular formula is C38H40N4O7. The SMILES string of the molecule is CN(CCc1ccccn1)C[C@H]1C[C@@H](c2ccc(CO)cc2)O[C@@H](c2cccc(N3C(=O)CC(NC(=O)OCc4ccccc4)C3=O)c2)O1. The first-order chi connectivity index (χ1) is 23.9. The molecule has 3 aromatic carbocycles. The van der Waals surface area contributed by atoms with E-state index >= 15 is 0 Å². The van der Waals surface area contributed by atoms with Gasteiger partial charge in [0.15, 0.2) is 6.29 Å². The number of ether oxygens (including phenoxy) is 3. The zero-order valence-corrected chi connectivity index (χ0v) is 27.3. The summed E-state index contributed by atoms with van der Waals surface area (Å²) < 4.78 is 18.3. The lowest BCUT2D eigenvalue weighted by atomic mass is 9.99. The molecule has 11 nitrogen and oxygen atoms in total. The van der Waals surface area contributed by atoms with E-state index in [4.69, 9.17) is 14.2 Å². The molecule has 2 saturated heterocycles. The van der Waals surface area contributed by atoms with Crippen molar-refractivity contribution < 1.29 is 33.7 Å². The van der Waals surface area contributed by atoms with Crippen LogP contribution in [0.3, 0.4) is 0 Å². The van der Waals surface area contributed by atoms with Crippen molar-refractivity contribution in [3.05, 3.63) is 131 Å². The highest BCUT2D eigenvalue weighted by molar-refractivity contribution is 6.22. The number of carbonyl (C=O) groups is 3. The van der Waals surface area contributed by atoms with Gasteiger partial charge in [0.05, 0.1) is 30.9 Å². The highest BCUT2D eigenvalue weighted by Gasteiger charge is 2.41. The number of aliphatic hydroxyl groups is 1. The molecule has 49 heavy (non-hydrogen) atoms. The number of alkyl carbamates (subject to hydrolysis) is 1. The third-order valence-electron chi connectivity index (χ3n) is 8.66. The predicted molar refractivity (Wildman–Crippen MR) is 181 cm³/mol. The van der Waals surface area contributed by atoms with Crippen LogP contribution in [-0.4, -0.2) is 65.2 Å². The molecule has 2 fully saturated rings.